The van der Waals surface area contributed by atoms with E-state index in [1.54, 1.807) is 23.3 Å². The van der Waals surface area contributed by atoms with Crippen molar-refractivity contribution in [3.8, 4) is 5.69 Å². The van der Waals surface area contributed by atoms with Crippen molar-refractivity contribution >= 4 is 17.2 Å². The molecule has 2 aromatic heterocycles. The molecule has 4 nitrogen and oxygen atoms in total. The molecule has 0 aliphatic rings. The lowest BCUT2D eigenvalue weighted by atomic mass is 10.2. The highest BCUT2D eigenvalue weighted by Crippen LogP contribution is 2.16. The molecule has 3 aromatic rings. The first-order valence-corrected chi connectivity index (χ1v) is 5.22. The zero-order valence-corrected chi connectivity index (χ0v) is 8.95. The topological polar surface area (TPSA) is 47.8 Å². The van der Waals surface area contributed by atoms with Crippen molar-refractivity contribution in [1.29, 1.82) is 0 Å². The second-order valence-electron chi connectivity index (χ2n) is 3.72. The van der Waals surface area contributed by atoms with Gasteiger partial charge in [-0.1, -0.05) is 6.07 Å². The number of hydrogen-bond acceptors (Lipinski definition) is 3. The Morgan fingerprint density at radius 2 is 2.18 bits per heavy atom. The Hall–Kier alpha value is -2.49. The molecule has 0 radical (unpaired) electrons. The molecule has 0 amide bonds. The number of benzene rings is 1. The summed E-state index contributed by atoms with van der Waals surface area (Å²) in [7, 11) is 0. The van der Waals surface area contributed by atoms with E-state index in [2.05, 4.69) is 10.1 Å². The van der Waals surface area contributed by atoms with E-state index >= 15 is 0 Å². The van der Waals surface area contributed by atoms with Crippen LogP contribution in [0.1, 0.15) is 10.4 Å². The first kappa shape index (κ1) is 9.72. The number of aromatic nitrogens is 3. The van der Waals surface area contributed by atoms with Gasteiger partial charge in [-0.25, -0.2) is 4.68 Å². The van der Waals surface area contributed by atoms with Gasteiger partial charge in [-0.15, -0.1) is 0 Å². The highest BCUT2D eigenvalue weighted by atomic mass is 16.1. The number of carbonyl (C=O) groups excluding carboxylic acids is 1. The van der Waals surface area contributed by atoms with E-state index in [0.29, 0.717) is 5.56 Å². The van der Waals surface area contributed by atoms with E-state index < -0.39 is 0 Å². The van der Waals surface area contributed by atoms with Crippen LogP contribution in [-0.4, -0.2) is 21.1 Å². The molecular formula is C13H9N3O. The monoisotopic (exact) mass is 223 g/mol. The van der Waals surface area contributed by atoms with Crippen molar-refractivity contribution in [2.45, 2.75) is 0 Å². The van der Waals surface area contributed by atoms with Gasteiger partial charge in [0.05, 0.1) is 23.0 Å². The van der Waals surface area contributed by atoms with Gasteiger partial charge >= 0.3 is 0 Å². The maximum Gasteiger partial charge on any atom is 0.153 e. The first-order chi connectivity index (χ1) is 8.36. The summed E-state index contributed by atoms with van der Waals surface area (Å²) >= 11 is 0. The molecule has 0 saturated heterocycles. The molecule has 0 aliphatic heterocycles. The van der Waals surface area contributed by atoms with Gasteiger partial charge in [0, 0.05) is 17.8 Å². The number of rotatable bonds is 2. The number of hydrogen-bond donors (Lipinski definition) is 0. The molecule has 2 heterocycles. The molecule has 4 heteroatoms. The molecule has 82 valence electrons. The van der Waals surface area contributed by atoms with Crippen molar-refractivity contribution in [2.24, 2.45) is 0 Å². The fourth-order valence-corrected chi connectivity index (χ4v) is 1.74. The van der Waals surface area contributed by atoms with Crippen molar-refractivity contribution in [3.63, 3.8) is 0 Å². The van der Waals surface area contributed by atoms with E-state index in [1.807, 2.05) is 30.3 Å². The lowest BCUT2D eigenvalue weighted by Crippen LogP contribution is -1.94. The Labute approximate surface area is 97.5 Å². The molecular weight excluding hydrogens is 214 g/mol. The van der Waals surface area contributed by atoms with Crippen LogP contribution in [0.5, 0.6) is 0 Å². The Bertz CT molecular complexity index is 688. The average Bonchev–Trinajstić information content (AvgIpc) is 2.87. The normalized spacial score (nSPS) is 10.6. The van der Waals surface area contributed by atoms with E-state index in [4.69, 9.17) is 0 Å². The lowest BCUT2D eigenvalue weighted by Gasteiger charge is -2.02. The number of fused-ring (bicyclic) bond motifs is 1. The summed E-state index contributed by atoms with van der Waals surface area (Å²) in [5.74, 6) is 0. The minimum Gasteiger partial charge on any atom is -0.298 e. The first-order valence-electron chi connectivity index (χ1n) is 5.22. The van der Waals surface area contributed by atoms with Crippen molar-refractivity contribution in [3.05, 3.63) is 54.5 Å². The van der Waals surface area contributed by atoms with Gasteiger partial charge in [0.2, 0.25) is 0 Å². The number of pyridine rings is 1. The summed E-state index contributed by atoms with van der Waals surface area (Å²) in [6.45, 7) is 0. The number of aldehydes is 1. The van der Waals surface area contributed by atoms with Crippen LogP contribution in [-0.2, 0) is 0 Å². The Kier molecular flexibility index (Phi) is 2.19. The van der Waals surface area contributed by atoms with Gasteiger partial charge in [0.25, 0.3) is 0 Å². The largest absolute Gasteiger partial charge is 0.298 e. The van der Waals surface area contributed by atoms with Crippen LogP contribution in [0.4, 0.5) is 0 Å². The van der Waals surface area contributed by atoms with Gasteiger partial charge in [-0.05, 0) is 24.3 Å². The molecule has 0 fully saturated rings. The van der Waals surface area contributed by atoms with Crippen LogP contribution < -0.4 is 0 Å². The van der Waals surface area contributed by atoms with Crippen LogP contribution >= 0.6 is 0 Å². The summed E-state index contributed by atoms with van der Waals surface area (Å²) in [6, 6.07) is 9.75. The summed E-state index contributed by atoms with van der Waals surface area (Å²) in [4.78, 5) is 14.9. The molecule has 0 spiro atoms. The van der Waals surface area contributed by atoms with E-state index in [9.17, 15) is 4.79 Å². The smallest absolute Gasteiger partial charge is 0.153 e. The minimum absolute atomic E-state index is 0.566. The molecule has 0 aliphatic carbocycles. The van der Waals surface area contributed by atoms with Crippen molar-refractivity contribution < 1.29 is 4.79 Å². The SMILES string of the molecule is O=Cc1cnn(-c2ccc3ncccc3c2)c1. The van der Waals surface area contributed by atoms with Crippen molar-refractivity contribution in [2.75, 3.05) is 0 Å². The molecule has 0 N–H and O–H groups in total. The third-order valence-electron chi connectivity index (χ3n) is 2.59. The highest BCUT2D eigenvalue weighted by Gasteiger charge is 2.01. The summed E-state index contributed by atoms with van der Waals surface area (Å²) in [5.41, 5.74) is 2.42. The molecule has 17 heavy (non-hydrogen) atoms. The number of nitrogens with zero attached hydrogens (tertiary/aromatic N) is 3. The minimum atomic E-state index is 0.566. The van der Waals surface area contributed by atoms with Crippen molar-refractivity contribution in [1.82, 2.24) is 14.8 Å². The Morgan fingerprint density at radius 3 is 3.00 bits per heavy atom. The quantitative estimate of drug-likeness (QED) is 0.626. The number of carbonyl (C=O) groups is 1. The van der Waals surface area contributed by atoms with Gasteiger partial charge in [-0.2, -0.15) is 5.10 Å². The van der Waals surface area contributed by atoms with Crippen LogP contribution in [0, 0.1) is 0 Å². The van der Waals surface area contributed by atoms with Crippen LogP contribution in [0.15, 0.2) is 48.9 Å². The molecule has 3 rings (SSSR count). The predicted molar refractivity (Wildman–Crippen MR) is 64.3 cm³/mol. The third kappa shape index (κ3) is 1.69. The Morgan fingerprint density at radius 1 is 1.24 bits per heavy atom. The summed E-state index contributed by atoms with van der Waals surface area (Å²) < 4.78 is 1.68. The zero-order chi connectivity index (χ0) is 11.7. The van der Waals surface area contributed by atoms with E-state index in [-0.39, 0.29) is 0 Å². The predicted octanol–water partition coefficient (Wildman–Crippen LogP) is 2.23. The zero-order valence-electron chi connectivity index (χ0n) is 8.95. The Balaban J connectivity index is 2.14. The molecule has 0 atom stereocenters. The van der Waals surface area contributed by atoms with Gasteiger partial charge in [0.15, 0.2) is 6.29 Å². The average molecular weight is 223 g/mol. The van der Waals surface area contributed by atoms with E-state index in [1.165, 1.54) is 0 Å². The van der Waals surface area contributed by atoms with Gasteiger partial charge in [-0.3, -0.25) is 9.78 Å². The molecule has 1 aromatic carbocycles. The fourth-order valence-electron chi connectivity index (χ4n) is 1.74. The highest BCUT2D eigenvalue weighted by molar-refractivity contribution is 5.80. The maximum atomic E-state index is 10.6. The summed E-state index contributed by atoms with van der Waals surface area (Å²) in [5, 5.41) is 5.18. The second kappa shape index (κ2) is 3.83. The van der Waals surface area contributed by atoms with Crippen LogP contribution in [0.3, 0.4) is 0 Å². The summed E-state index contributed by atoms with van der Waals surface area (Å²) in [6.07, 6.45) is 5.79. The third-order valence-corrected chi connectivity index (χ3v) is 2.59. The van der Waals surface area contributed by atoms with E-state index in [0.717, 1.165) is 22.9 Å². The lowest BCUT2D eigenvalue weighted by molar-refractivity contribution is 0.112. The standard InChI is InChI=1S/C13H9N3O/c17-9-10-7-15-16(8-10)12-3-4-13-11(6-12)2-1-5-14-13/h1-9H. The van der Waals surface area contributed by atoms with Gasteiger partial charge in [0.1, 0.15) is 0 Å². The molecule has 0 bridgehead atoms. The van der Waals surface area contributed by atoms with Gasteiger partial charge < -0.3 is 0 Å². The van der Waals surface area contributed by atoms with Crippen LogP contribution in [0.2, 0.25) is 0 Å². The maximum absolute atomic E-state index is 10.6. The second-order valence-corrected chi connectivity index (χ2v) is 3.72. The fraction of sp³-hybridized carbons (Fsp3) is 0. The van der Waals surface area contributed by atoms with Crippen LogP contribution in [0.25, 0.3) is 16.6 Å². The molecule has 0 unspecified atom stereocenters. The molecule has 0 saturated carbocycles.